The third-order valence-corrected chi connectivity index (χ3v) is 3.91. The van der Waals surface area contributed by atoms with Gasteiger partial charge in [0.1, 0.15) is 5.75 Å². The topological polar surface area (TPSA) is 64.8 Å². The van der Waals surface area contributed by atoms with Crippen LogP contribution in [0.1, 0.15) is 26.6 Å². The number of rotatable bonds is 3. The van der Waals surface area contributed by atoms with Crippen LogP contribution in [0.2, 0.25) is 0 Å². The molecule has 2 aromatic heterocycles. The highest BCUT2D eigenvalue weighted by molar-refractivity contribution is 5.76. The number of H-pyrrole nitrogens is 1. The van der Waals surface area contributed by atoms with Crippen LogP contribution in [0.25, 0.3) is 22.5 Å². The number of hydrogen-bond donors (Lipinski definition) is 1. The van der Waals surface area contributed by atoms with Gasteiger partial charge in [-0.3, -0.25) is 4.98 Å². The predicted molar refractivity (Wildman–Crippen MR) is 93.7 cm³/mol. The number of imidazole rings is 1. The molecule has 0 spiro atoms. The van der Waals surface area contributed by atoms with Gasteiger partial charge in [0, 0.05) is 23.5 Å². The molecule has 0 fully saturated rings. The van der Waals surface area contributed by atoms with Crippen molar-refractivity contribution in [1.82, 2.24) is 9.97 Å². The van der Waals surface area contributed by atoms with Crippen molar-refractivity contribution in [2.75, 3.05) is 7.11 Å². The summed E-state index contributed by atoms with van der Waals surface area (Å²) in [6, 6.07) is 11.3. The summed E-state index contributed by atoms with van der Waals surface area (Å²) in [5.41, 5.74) is 2.77. The maximum Gasteiger partial charge on any atom is 0.263 e. The molecular weight excluding hydrogens is 302 g/mol. The van der Waals surface area contributed by atoms with E-state index in [1.165, 1.54) is 0 Å². The van der Waals surface area contributed by atoms with Crippen molar-refractivity contribution in [2.24, 2.45) is 0 Å². The second kappa shape index (κ2) is 6.00. The number of ether oxygens (including phenoxy) is 1. The van der Waals surface area contributed by atoms with E-state index < -0.39 is 0 Å². The van der Waals surface area contributed by atoms with Crippen LogP contribution in [-0.4, -0.2) is 17.1 Å². The summed E-state index contributed by atoms with van der Waals surface area (Å²) in [4.78, 5) is 7.49. The van der Waals surface area contributed by atoms with Crippen molar-refractivity contribution in [1.29, 1.82) is 0 Å². The standard InChI is InChI=1S/C19H21N3O2/c1-19(2,3)18-21-16(14-6-5-11-20-12-14)17(22(18)23)13-7-9-15(24-4)10-8-13/h5-12,21H,1-4H3. The maximum absolute atomic E-state index is 13.0. The van der Waals surface area contributed by atoms with E-state index in [0.29, 0.717) is 11.5 Å². The number of aromatic amines is 1. The summed E-state index contributed by atoms with van der Waals surface area (Å²) in [7, 11) is 1.62. The van der Waals surface area contributed by atoms with Crippen molar-refractivity contribution in [3.05, 3.63) is 59.8 Å². The van der Waals surface area contributed by atoms with E-state index in [-0.39, 0.29) is 5.41 Å². The van der Waals surface area contributed by atoms with Crippen molar-refractivity contribution in [3.8, 4) is 28.3 Å². The van der Waals surface area contributed by atoms with Gasteiger partial charge in [-0.1, -0.05) is 0 Å². The fourth-order valence-corrected chi connectivity index (χ4v) is 2.66. The molecule has 0 aliphatic heterocycles. The van der Waals surface area contributed by atoms with Crippen LogP contribution in [0.4, 0.5) is 0 Å². The summed E-state index contributed by atoms with van der Waals surface area (Å²) >= 11 is 0. The van der Waals surface area contributed by atoms with Gasteiger partial charge in [-0.25, -0.2) is 9.71 Å². The van der Waals surface area contributed by atoms with E-state index in [0.717, 1.165) is 27.3 Å². The number of pyridine rings is 1. The Morgan fingerprint density at radius 2 is 1.79 bits per heavy atom. The number of methoxy groups -OCH3 is 1. The number of hydrogen-bond acceptors (Lipinski definition) is 3. The third-order valence-electron chi connectivity index (χ3n) is 3.91. The Hall–Kier alpha value is -2.82. The van der Waals surface area contributed by atoms with Crippen molar-refractivity contribution in [2.45, 2.75) is 26.2 Å². The van der Waals surface area contributed by atoms with Crippen LogP contribution in [0.5, 0.6) is 5.75 Å². The molecule has 0 amide bonds. The Labute approximate surface area is 141 Å². The summed E-state index contributed by atoms with van der Waals surface area (Å²) < 4.78 is 6.20. The molecule has 3 rings (SSSR count). The zero-order valence-corrected chi connectivity index (χ0v) is 14.3. The molecule has 2 heterocycles. The first kappa shape index (κ1) is 16.1. The Bertz CT molecular complexity index is 832. The quantitative estimate of drug-likeness (QED) is 0.590. The zero-order chi connectivity index (χ0) is 17.3. The highest BCUT2D eigenvalue weighted by Gasteiger charge is 2.31. The van der Waals surface area contributed by atoms with Gasteiger partial charge >= 0.3 is 0 Å². The zero-order valence-electron chi connectivity index (χ0n) is 14.3. The molecule has 124 valence electrons. The predicted octanol–water partition coefficient (Wildman–Crippen LogP) is 3.68. The average Bonchev–Trinajstić information content (AvgIpc) is 2.93. The fourth-order valence-electron chi connectivity index (χ4n) is 2.66. The first-order chi connectivity index (χ1) is 11.4. The molecule has 5 nitrogen and oxygen atoms in total. The van der Waals surface area contributed by atoms with E-state index in [1.54, 1.807) is 19.5 Å². The van der Waals surface area contributed by atoms with Crippen molar-refractivity contribution >= 4 is 0 Å². The minimum Gasteiger partial charge on any atom is -0.710 e. The van der Waals surface area contributed by atoms with Crippen LogP contribution < -0.4 is 9.47 Å². The average molecular weight is 323 g/mol. The maximum atomic E-state index is 13.0. The number of aromatic nitrogens is 3. The lowest BCUT2D eigenvalue weighted by molar-refractivity contribution is -0.605. The van der Waals surface area contributed by atoms with E-state index in [9.17, 15) is 5.21 Å². The first-order valence-corrected chi connectivity index (χ1v) is 7.82. The van der Waals surface area contributed by atoms with Crippen molar-refractivity contribution < 1.29 is 9.47 Å². The lowest BCUT2D eigenvalue weighted by Gasteiger charge is -2.16. The third kappa shape index (κ3) is 2.85. The highest BCUT2D eigenvalue weighted by atomic mass is 16.5. The van der Waals surface area contributed by atoms with Gasteiger partial charge < -0.3 is 9.94 Å². The van der Waals surface area contributed by atoms with Gasteiger partial charge in [0.25, 0.3) is 5.82 Å². The second-order valence-electron chi connectivity index (χ2n) is 6.71. The Morgan fingerprint density at radius 3 is 2.33 bits per heavy atom. The van der Waals surface area contributed by atoms with Crippen LogP contribution in [-0.2, 0) is 5.41 Å². The minimum absolute atomic E-state index is 0.302. The van der Waals surface area contributed by atoms with E-state index >= 15 is 0 Å². The molecule has 24 heavy (non-hydrogen) atoms. The first-order valence-electron chi connectivity index (χ1n) is 7.82. The largest absolute Gasteiger partial charge is 0.710 e. The normalized spacial score (nSPS) is 11.5. The van der Waals surface area contributed by atoms with E-state index in [1.807, 2.05) is 57.2 Å². The van der Waals surface area contributed by atoms with Crippen LogP contribution >= 0.6 is 0 Å². The molecule has 0 atom stereocenters. The molecule has 0 saturated carbocycles. The molecule has 0 bridgehead atoms. The lowest BCUT2D eigenvalue weighted by atomic mass is 9.96. The Morgan fingerprint density at radius 1 is 1.08 bits per heavy atom. The SMILES string of the molecule is COc1ccc(-c2c(-c3cccnc3)[nH]c(C(C)(C)C)[n+]2[O-])cc1. The summed E-state index contributed by atoms with van der Waals surface area (Å²) in [5, 5.41) is 13.0. The molecular formula is C19H21N3O2. The molecule has 5 heteroatoms. The van der Waals surface area contributed by atoms with Gasteiger partial charge in [0.05, 0.1) is 12.5 Å². The molecule has 0 unspecified atom stereocenters. The summed E-state index contributed by atoms with van der Waals surface area (Å²) in [6.45, 7) is 6.04. The van der Waals surface area contributed by atoms with Crippen LogP contribution in [0.15, 0.2) is 48.8 Å². The smallest absolute Gasteiger partial charge is 0.263 e. The Kier molecular flexibility index (Phi) is 4.01. The van der Waals surface area contributed by atoms with Gasteiger partial charge in [0.2, 0.25) is 0 Å². The van der Waals surface area contributed by atoms with E-state index in [2.05, 4.69) is 9.97 Å². The number of nitrogens with one attached hydrogen (secondary N) is 1. The number of nitrogens with zero attached hydrogens (tertiary/aromatic N) is 2. The molecule has 1 N–H and O–H groups in total. The highest BCUT2D eigenvalue weighted by Crippen LogP contribution is 2.32. The van der Waals surface area contributed by atoms with Gasteiger partial charge in [-0.15, -0.1) is 0 Å². The van der Waals surface area contributed by atoms with Crippen LogP contribution in [0, 0.1) is 5.21 Å². The second-order valence-corrected chi connectivity index (χ2v) is 6.71. The van der Waals surface area contributed by atoms with Gasteiger partial charge in [-0.2, -0.15) is 0 Å². The molecule has 0 radical (unpaired) electrons. The fraction of sp³-hybridized carbons (Fsp3) is 0.263. The van der Waals surface area contributed by atoms with Gasteiger partial charge in [-0.05, 0) is 57.2 Å². The Balaban J connectivity index is 2.24. The molecule has 0 aliphatic rings. The monoisotopic (exact) mass is 323 g/mol. The molecule has 1 aromatic carbocycles. The lowest BCUT2D eigenvalue weighted by Crippen LogP contribution is -2.37. The van der Waals surface area contributed by atoms with Crippen molar-refractivity contribution in [3.63, 3.8) is 0 Å². The van der Waals surface area contributed by atoms with Gasteiger partial charge in [0.15, 0.2) is 11.4 Å². The van der Waals surface area contributed by atoms with E-state index in [4.69, 9.17) is 4.74 Å². The molecule has 0 aliphatic carbocycles. The van der Waals surface area contributed by atoms with Crippen LogP contribution in [0.3, 0.4) is 0 Å². The minimum atomic E-state index is -0.302. The molecule has 3 aromatic rings. The summed E-state index contributed by atoms with van der Waals surface area (Å²) in [6.07, 6.45) is 3.47. The summed E-state index contributed by atoms with van der Waals surface area (Å²) in [5.74, 6) is 1.37. The molecule has 0 saturated heterocycles. The number of benzene rings is 1.